The molecule has 2 heterocycles. The quantitative estimate of drug-likeness (QED) is 0.555. The zero-order valence-electron chi connectivity index (χ0n) is 14.1. The van der Waals surface area contributed by atoms with Gasteiger partial charge >= 0.3 is 12.1 Å². The predicted molar refractivity (Wildman–Crippen MR) is 94.5 cm³/mol. The van der Waals surface area contributed by atoms with Crippen molar-refractivity contribution in [1.29, 1.82) is 0 Å². The summed E-state index contributed by atoms with van der Waals surface area (Å²) in [4.78, 5) is 36.6. The third kappa shape index (κ3) is 5.18. The van der Waals surface area contributed by atoms with Crippen LogP contribution in [0.15, 0.2) is 11.8 Å². The van der Waals surface area contributed by atoms with Gasteiger partial charge in [-0.05, 0) is 19.9 Å². The molecule has 2 unspecified atom stereocenters. The van der Waals surface area contributed by atoms with Crippen LogP contribution < -0.4 is 10.6 Å². The third-order valence-corrected chi connectivity index (χ3v) is 5.39. The maximum absolute atomic E-state index is 12.0. The first-order valence-electron chi connectivity index (χ1n) is 7.87. The number of thioether (sulfide) groups is 1. The van der Waals surface area contributed by atoms with Crippen molar-refractivity contribution in [2.24, 2.45) is 0 Å². The van der Waals surface area contributed by atoms with E-state index in [-0.39, 0.29) is 29.6 Å². The lowest BCUT2D eigenvalue weighted by molar-refractivity contribution is -0.135. The molecule has 1 fully saturated rings. The van der Waals surface area contributed by atoms with Gasteiger partial charge in [-0.3, -0.25) is 4.79 Å². The van der Waals surface area contributed by atoms with E-state index in [0.29, 0.717) is 24.6 Å². The molecule has 0 bridgehead atoms. The Bertz CT molecular complexity index is 584. The Kier molecular flexibility index (Phi) is 6.45. The summed E-state index contributed by atoms with van der Waals surface area (Å²) in [6.45, 7) is 3.72. The van der Waals surface area contributed by atoms with E-state index >= 15 is 0 Å². The molecular formula is C15H22ClN3O5S. The number of hydrogen-bond donors (Lipinski definition) is 3. The number of carbonyl (C=O) groups is 3. The first-order valence-corrected chi connectivity index (χ1v) is 9.46. The van der Waals surface area contributed by atoms with Crippen molar-refractivity contribution in [2.75, 3.05) is 24.7 Å². The number of carbonyl (C=O) groups excluding carboxylic acids is 2. The fourth-order valence-corrected chi connectivity index (χ4v) is 4.24. The Morgan fingerprint density at radius 3 is 2.84 bits per heavy atom. The van der Waals surface area contributed by atoms with Crippen LogP contribution in [-0.2, 0) is 14.3 Å². The number of amides is 2. The molecule has 0 radical (unpaired) electrons. The smallest absolute Gasteiger partial charge is 0.408 e. The van der Waals surface area contributed by atoms with E-state index in [0.717, 1.165) is 0 Å². The third-order valence-electron chi connectivity index (χ3n) is 3.92. The van der Waals surface area contributed by atoms with Crippen LogP contribution in [0.4, 0.5) is 4.79 Å². The number of rotatable bonds is 7. The Morgan fingerprint density at radius 2 is 2.20 bits per heavy atom. The Morgan fingerprint density at radius 1 is 1.48 bits per heavy atom. The van der Waals surface area contributed by atoms with Gasteiger partial charge in [0.2, 0.25) is 5.91 Å². The topological polar surface area (TPSA) is 108 Å². The van der Waals surface area contributed by atoms with Crippen molar-refractivity contribution in [2.45, 2.75) is 37.3 Å². The largest absolute Gasteiger partial charge is 0.477 e. The summed E-state index contributed by atoms with van der Waals surface area (Å²) >= 11 is 7.21. The number of ether oxygens (including phenoxy) is 1. The standard InChI is InChI=1S/C15H22ClN3O5S/c1-15(2,4-5-16)24-14(23)17-7-11(20)18-9-8-19-10(13(21)22)3-6-25-12(9)19/h3,9,12H,4-8H2,1-2H3,(H,17,23)(H,18,20)(H,21,22). The van der Waals surface area contributed by atoms with Crippen LogP contribution in [-0.4, -0.2) is 69.7 Å². The Balaban J connectivity index is 1.73. The fourth-order valence-electron chi connectivity index (χ4n) is 2.57. The molecule has 2 rings (SSSR count). The molecule has 2 amide bonds. The Labute approximate surface area is 155 Å². The van der Waals surface area contributed by atoms with Crippen molar-refractivity contribution in [3.05, 3.63) is 11.8 Å². The molecule has 2 atom stereocenters. The number of alkyl halides is 1. The van der Waals surface area contributed by atoms with Crippen molar-refractivity contribution < 1.29 is 24.2 Å². The van der Waals surface area contributed by atoms with Crippen molar-refractivity contribution in [1.82, 2.24) is 15.5 Å². The minimum atomic E-state index is -0.959. The first kappa shape index (κ1) is 19.7. The van der Waals surface area contributed by atoms with E-state index in [2.05, 4.69) is 10.6 Å². The summed E-state index contributed by atoms with van der Waals surface area (Å²) in [7, 11) is 0. The van der Waals surface area contributed by atoms with Gasteiger partial charge in [0.1, 0.15) is 17.8 Å². The first-order chi connectivity index (χ1) is 11.7. The van der Waals surface area contributed by atoms with E-state index in [9.17, 15) is 14.4 Å². The predicted octanol–water partition coefficient (Wildman–Crippen LogP) is 0.962. The van der Waals surface area contributed by atoms with Crippen LogP contribution >= 0.6 is 23.4 Å². The summed E-state index contributed by atoms with van der Waals surface area (Å²) in [6, 6.07) is -0.147. The average Bonchev–Trinajstić information content (AvgIpc) is 2.49. The summed E-state index contributed by atoms with van der Waals surface area (Å²) in [5.41, 5.74) is -0.424. The highest BCUT2D eigenvalue weighted by molar-refractivity contribution is 8.00. The molecule has 25 heavy (non-hydrogen) atoms. The van der Waals surface area contributed by atoms with Crippen LogP contribution in [0, 0.1) is 0 Å². The molecule has 8 nitrogen and oxygen atoms in total. The number of carboxylic acid groups (broad SMARTS) is 1. The molecule has 0 aromatic rings. The number of fused-ring (bicyclic) bond motifs is 1. The number of nitrogens with one attached hydrogen (secondary N) is 2. The van der Waals surface area contributed by atoms with Gasteiger partial charge in [0, 0.05) is 24.6 Å². The van der Waals surface area contributed by atoms with Crippen LogP contribution in [0.3, 0.4) is 0 Å². The fraction of sp³-hybridized carbons (Fsp3) is 0.667. The molecule has 0 spiro atoms. The van der Waals surface area contributed by atoms with Crippen molar-refractivity contribution in [3.63, 3.8) is 0 Å². The van der Waals surface area contributed by atoms with Gasteiger partial charge in [-0.25, -0.2) is 9.59 Å². The van der Waals surface area contributed by atoms with Gasteiger partial charge in [0.15, 0.2) is 0 Å². The lowest BCUT2D eigenvalue weighted by atomic mass is 10.1. The van der Waals surface area contributed by atoms with Gasteiger partial charge in [0.05, 0.1) is 11.4 Å². The van der Waals surface area contributed by atoms with E-state index in [1.807, 2.05) is 0 Å². The van der Waals surface area contributed by atoms with Crippen molar-refractivity contribution in [3.8, 4) is 0 Å². The second-order valence-electron chi connectivity index (χ2n) is 6.39. The molecule has 0 aliphatic carbocycles. The molecule has 140 valence electrons. The second kappa shape index (κ2) is 8.18. The van der Waals surface area contributed by atoms with Crippen LogP contribution in [0.1, 0.15) is 20.3 Å². The highest BCUT2D eigenvalue weighted by Gasteiger charge is 2.44. The van der Waals surface area contributed by atoms with Crippen LogP contribution in [0.5, 0.6) is 0 Å². The van der Waals surface area contributed by atoms with Crippen LogP contribution in [0.25, 0.3) is 0 Å². The van der Waals surface area contributed by atoms with E-state index in [1.54, 1.807) is 36.6 Å². The van der Waals surface area contributed by atoms with Gasteiger partial charge in [-0.15, -0.1) is 23.4 Å². The molecule has 1 saturated heterocycles. The number of aliphatic carboxylic acids is 1. The van der Waals surface area contributed by atoms with Crippen molar-refractivity contribution >= 4 is 41.3 Å². The number of carboxylic acids is 1. The molecule has 0 aromatic carbocycles. The molecule has 10 heteroatoms. The van der Waals surface area contributed by atoms with E-state index in [1.165, 1.54) is 0 Å². The number of halogens is 1. The van der Waals surface area contributed by atoms with Crippen LogP contribution in [0.2, 0.25) is 0 Å². The van der Waals surface area contributed by atoms with Gasteiger partial charge in [0.25, 0.3) is 0 Å². The zero-order valence-corrected chi connectivity index (χ0v) is 15.7. The highest BCUT2D eigenvalue weighted by atomic mass is 35.5. The lowest BCUT2D eigenvalue weighted by Crippen LogP contribution is -2.66. The summed E-state index contributed by atoms with van der Waals surface area (Å²) in [6.07, 6.45) is 1.50. The van der Waals surface area contributed by atoms with Gasteiger partial charge in [-0.1, -0.05) is 0 Å². The zero-order chi connectivity index (χ0) is 18.6. The molecular weight excluding hydrogens is 370 g/mol. The van der Waals surface area contributed by atoms with Gasteiger partial charge in [-0.2, -0.15) is 0 Å². The normalized spacial score (nSPS) is 22.2. The highest BCUT2D eigenvalue weighted by Crippen LogP contribution is 2.36. The SMILES string of the molecule is CC(C)(CCCl)OC(=O)NCC(=O)NC1CN2C(C(=O)O)=CCSC12. The maximum atomic E-state index is 12.0. The lowest BCUT2D eigenvalue weighted by Gasteiger charge is -2.50. The summed E-state index contributed by atoms with van der Waals surface area (Å²) < 4.78 is 5.20. The number of hydrogen-bond acceptors (Lipinski definition) is 6. The van der Waals surface area contributed by atoms with Gasteiger partial charge < -0.3 is 25.4 Å². The molecule has 2 aliphatic rings. The summed E-state index contributed by atoms with van der Waals surface area (Å²) in [5.74, 6) is -0.344. The maximum Gasteiger partial charge on any atom is 0.408 e. The molecule has 2 aliphatic heterocycles. The monoisotopic (exact) mass is 391 g/mol. The second-order valence-corrected chi connectivity index (χ2v) is 7.91. The average molecular weight is 392 g/mol. The minimum absolute atomic E-state index is 0.0883. The minimum Gasteiger partial charge on any atom is -0.477 e. The van der Waals surface area contributed by atoms with E-state index in [4.69, 9.17) is 21.4 Å². The number of nitrogens with zero attached hydrogens (tertiary/aromatic N) is 1. The number of alkyl carbamates (subject to hydrolysis) is 1. The Hall–Kier alpha value is -1.61. The molecule has 0 aromatic heterocycles. The summed E-state index contributed by atoms with van der Waals surface area (Å²) in [5, 5.41) is 14.3. The molecule has 3 N–H and O–H groups in total. The van der Waals surface area contributed by atoms with E-state index < -0.39 is 17.7 Å². The molecule has 0 saturated carbocycles.